The molecule has 0 aromatic rings. The van der Waals surface area contributed by atoms with Gasteiger partial charge in [0.1, 0.15) is 0 Å². The van der Waals surface area contributed by atoms with Crippen molar-refractivity contribution >= 4 is 0 Å². The van der Waals surface area contributed by atoms with E-state index in [4.69, 9.17) is 0 Å². The Morgan fingerprint density at radius 2 is 1.85 bits per heavy atom. The van der Waals surface area contributed by atoms with Gasteiger partial charge >= 0.3 is 0 Å². The zero-order chi connectivity index (χ0) is 8.80. The minimum atomic E-state index is 0.899. The minimum Gasteiger partial charge on any atom is -0.0622 e. The SMILES string of the molecule is CC(C)C12C(C)C13C1C(C23)C12CC2. The minimum absolute atomic E-state index is 0.899. The third-order valence-corrected chi connectivity index (χ3v) is 7.24. The van der Waals surface area contributed by atoms with Crippen molar-refractivity contribution < 1.29 is 0 Å². The summed E-state index contributed by atoms with van der Waals surface area (Å²) in [7, 11) is 0. The van der Waals surface area contributed by atoms with E-state index in [2.05, 4.69) is 20.8 Å². The molecule has 6 atom stereocenters. The van der Waals surface area contributed by atoms with Crippen molar-refractivity contribution in [3.63, 3.8) is 0 Å². The average Bonchev–Trinajstić information content (AvgIpc) is 2.87. The van der Waals surface area contributed by atoms with Gasteiger partial charge in [0.15, 0.2) is 0 Å². The van der Waals surface area contributed by atoms with Crippen molar-refractivity contribution in [2.24, 2.45) is 45.8 Å². The van der Waals surface area contributed by atoms with Gasteiger partial charge in [-0.25, -0.2) is 0 Å². The largest absolute Gasteiger partial charge is 0.0622 e. The van der Waals surface area contributed by atoms with Gasteiger partial charge in [0.25, 0.3) is 0 Å². The fourth-order valence-electron chi connectivity index (χ4n) is 6.99. The lowest BCUT2D eigenvalue weighted by molar-refractivity contribution is 0.188. The van der Waals surface area contributed by atoms with Crippen LogP contribution in [0.1, 0.15) is 33.6 Å². The van der Waals surface area contributed by atoms with E-state index in [-0.39, 0.29) is 0 Å². The first-order valence-electron chi connectivity index (χ1n) is 6.17. The Morgan fingerprint density at radius 3 is 2.31 bits per heavy atom. The first kappa shape index (κ1) is 6.48. The Bertz CT molecular complexity index is 351. The molecule has 0 heterocycles. The zero-order valence-electron chi connectivity index (χ0n) is 8.80. The zero-order valence-corrected chi connectivity index (χ0v) is 8.80. The lowest BCUT2D eigenvalue weighted by Gasteiger charge is -2.27. The van der Waals surface area contributed by atoms with E-state index < -0.39 is 0 Å². The number of fused-ring (bicyclic) bond motifs is 5. The van der Waals surface area contributed by atoms with Crippen molar-refractivity contribution in [1.29, 1.82) is 0 Å². The molecule has 0 saturated heterocycles. The molecule has 13 heavy (non-hydrogen) atoms. The molecule has 0 aromatic heterocycles. The van der Waals surface area contributed by atoms with Gasteiger partial charge in [-0.2, -0.15) is 0 Å². The van der Waals surface area contributed by atoms with Crippen LogP contribution < -0.4 is 0 Å². The maximum Gasteiger partial charge on any atom is -0.0128 e. The molecular formula is C13H18. The summed E-state index contributed by atoms with van der Waals surface area (Å²) >= 11 is 0. The van der Waals surface area contributed by atoms with E-state index in [0.717, 1.165) is 28.1 Å². The molecule has 0 nitrogen and oxygen atoms in total. The smallest absolute Gasteiger partial charge is 0.0128 e. The molecule has 5 fully saturated rings. The monoisotopic (exact) mass is 174 g/mol. The van der Waals surface area contributed by atoms with Gasteiger partial charge in [0.2, 0.25) is 0 Å². The molecule has 6 unspecified atom stereocenters. The van der Waals surface area contributed by atoms with E-state index in [0.29, 0.717) is 0 Å². The third-order valence-electron chi connectivity index (χ3n) is 7.24. The van der Waals surface area contributed by atoms with Gasteiger partial charge < -0.3 is 0 Å². The van der Waals surface area contributed by atoms with Crippen LogP contribution in [0, 0.1) is 45.8 Å². The van der Waals surface area contributed by atoms with Gasteiger partial charge in [0, 0.05) is 0 Å². The van der Waals surface area contributed by atoms with Crippen LogP contribution >= 0.6 is 0 Å². The van der Waals surface area contributed by atoms with E-state index in [1.807, 2.05) is 0 Å². The molecule has 0 heteroatoms. The molecular weight excluding hydrogens is 156 g/mol. The standard InChI is InChI=1S/C13H18/c1-6(2)12-7(3)13(12)9-8(10(12)13)11(9)4-5-11/h6-10H,4-5H2,1-3H3. The van der Waals surface area contributed by atoms with Gasteiger partial charge in [0.05, 0.1) is 0 Å². The highest BCUT2D eigenvalue weighted by molar-refractivity contribution is 5.60. The van der Waals surface area contributed by atoms with Gasteiger partial charge in [-0.15, -0.1) is 0 Å². The predicted molar refractivity (Wildman–Crippen MR) is 51.0 cm³/mol. The normalized spacial score (nSPS) is 76.6. The Kier molecular flexibility index (Phi) is 0.591. The number of hydrogen-bond acceptors (Lipinski definition) is 0. The molecule has 5 aliphatic rings. The fourth-order valence-corrected chi connectivity index (χ4v) is 6.99. The summed E-state index contributed by atoms with van der Waals surface area (Å²) in [6.07, 6.45) is 3.23. The number of hydrogen-bond donors (Lipinski definition) is 0. The molecule has 5 saturated carbocycles. The lowest BCUT2D eigenvalue weighted by atomic mass is 9.76. The van der Waals surface area contributed by atoms with Crippen LogP contribution in [-0.4, -0.2) is 0 Å². The highest BCUT2D eigenvalue weighted by Crippen LogP contribution is 3.17. The summed E-state index contributed by atoms with van der Waals surface area (Å²) in [5.74, 6) is 5.85. The van der Waals surface area contributed by atoms with E-state index in [1.165, 1.54) is 17.8 Å². The maximum atomic E-state index is 2.54. The Hall–Kier alpha value is 0. The molecule has 0 aliphatic heterocycles. The summed E-state index contributed by atoms with van der Waals surface area (Å²) in [6, 6.07) is 0. The van der Waals surface area contributed by atoms with Crippen LogP contribution in [0.2, 0.25) is 0 Å². The van der Waals surface area contributed by atoms with Crippen LogP contribution in [0.4, 0.5) is 0 Å². The highest BCUT2D eigenvalue weighted by atomic mass is 15.2. The molecule has 70 valence electrons. The first-order valence-corrected chi connectivity index (χ1v) is 6.17. The predicted octanol–water partition coefficient (Wildman–Crippen LogP) is 2.93. The van der Waals surface area contributed by atoms with E-state index >= 15 is 0 Å². The highest BCUT2D eigenvalue weighted by Gasteiger charge is 3.14. The summed E-state index contributed by atoms with van der Waals surface area (Å²) in [6.45, 7) is 7.49. The van der Waals surface area contributed by atoms with Crippen LogP contribution in [-0.2, 0) is 0 Å². The van der Waals surface area contributed by atoms with E-state index in [9.17, 15) is 0 Å². The van der Waals surface area contributed by atoms with Crippen LogP contribution in [0.3, 0.4) is 0 Å². The number of rotatable bonds is 1. The Labute approximate surface area is 80.1 Å². The Balaban J connectivity index is 1.62. The molecule has 0 amide bonds. The molecule has 0 N–H and O–H groups in total. The summed E-state index contributed by atoms with van der Waals surface area (Å²) in [5, 5.41) is 0. The second-order valence-electron chi connectivity index (χ2n) is 6.96. The molecule has 2 spiro atoms. The van der Waals surface area contributed by atoms with Crippen LogP contribution in [0.5, 0.6) is 0 Å². The van der Waals surface area contributed by atoms with Gasteiger partial charge in [-0.3, -0.25) is 0 Å². The van der Waals surface area contributed by atoms with Crippen molar-refractivity contribution in [2.45, 2.75) is 33.6 Å². The molecule has 5 aliphatic carbocycles. The first-order chi connectivity index (χ1) is 6.17. The van der Waals surface area contributed by atoms with Crippen molar-refractivity contribution in [2.75, 3.05) is 0 Å². The van der Waals surface area contributed by atoms with Crippen molar-refractivity contribution in [3.05, 3.63) is 0 Å². The molecule has 0 bridgehead atoms. The van der Waals surface area contributed by atoms with Gasteiger partial charge in [-0.1, -0.05) is 20.8 Å². The Morgan fingerprint density at radius 1 is 1.15 bits per heavy atom. The fraction of sp³-hybridized carbons (Fsp3) is 1.00. The summed E-state index contributed by atoms with van der Waals surface area (Å²) in [4.78, 5) is 0. The average molecular weight is 174 g/mol. The summed E-state index contributed by atoms with van der Waals surface area (Å²) < 4.78 is 0. The second-order valence-corrected chi connectivity index (χ2v) is 6.96. The topological polar surface area (TPSA) is 0 Å². The summed E-state index contributed by atoms with van der Waals surface area (Å²) in [5.41, 5.74) is 2.85. The second kappa shape index (κ2) is 1.19. The molecule has 0 radical (unpaired) electrons. The quantitative estimate of drug-likeness (QED) is 0.573. The third kappa shape index (κ3) is 0.293. The van der Waals surface area contributed by atoms with Gasteiger partial charge in [-0.05, 0) is 58.7 Å². The molecule has 0 aromatic carbocycles. The van der Waals surface area contributed by atoms with Crippen molar-refractivity contribution in [1.82, 2.24) is 0 Å². The van der Waals surface area contributed by atoms with Crippen LogP contribution in [0.15, 0.2) is 0 Å². The van der Waals surface area contributed by atoms with E-state index in [1.54, 1.807) is 12.8 Å². The van der Waals surface area contributed by atoms with Crippen LogP contribution in [0.25, 0.3) is 0 Å². The lowest BCUT2D eigenvalue weighted by Crippen LogP contribution is -2.24. The van der Waals surface area contributed by atoms with Crippen molar-refractivity contribution in [3.8, 4) is 0 Å². The molecule has 5 rings (SSSR count). The maximum absolute atomic E-state index is 2.54.